The number of rotatable bonds is 4. The molecule has 0 aliphatic heterocycles. The first-order valence-electron chi connectivity index (χ1n) is 6.82. The molecule has 2 aromatic carbocycles. The quantitative estimate of drug-likeness (QED) is 0.339. The molecule has 0 aliphatic rings. The van der Waals surface area contributed by atoms with Crippen molar-refractivity contribution in [3.8, 4) is 0 Å². The molecule has 2 aromatic rings. The molecule has 0 saturated carbocycles. The Labute approximate surface area is 148 Å². The van der Waals surface area contributed by atoms with E-state index in [4.69, 9.17) is 0 Å². The van der Waals surface area contributed by atoms with Crippen molar-refractivity contribution in [2.24, 2.45) is 0 Å². The van der Waals surface area contributed by atoms with E-state index in [0.29, 0.717) is 0 Å². The summed E-state index contributed by atoms with van der Waals surface area (Å²) in [5.41, 5.74) is -1.85. The summed E-state index contributed by atoms with van der Waals surface area (Å²) in [5.74, 6) is 0. The van der Waals surface area contributed by atoms with Gasteiger partial charge >= 0.3 is 12.4 Å². The van der Waals surface area contributed by atoms with Crippen LogP contribution in [0.5, 0.6) is 0 Å². The molecule has 8 heteroatoms. The van der Waals surface area contributed by atoms with Crippen LogP contribution in [0.4, 0.5) is 26.3 Å². The van der Waals surface area contributed by atoms with Crippen molar-refractivity contribution in [1.29, 1.82) is 0 Å². The second-order valence-corrected chi connectivity index (χ2v) is 5.73. The highest BCUT2D eigenvalue weighted by Gasteiger charge is 2.36. The van der Waals surface area contributed by atoms with Crippen LogP contribution in [0.3, 0.4) is 0 Å². The van der Waals surface area contributed by atoms with Gasteiger partial charge in [0.2, 0.25) is 0 Å². The highest BCUT2D eigenvalue weighted by molar-refractivity contribution is 14.1. The molecular weight excluding hydrogens is 447 g/mol. The molecule has 0 fully saturated rings. The smallest absolute Gasteiger partial charge is 0.253 e. The normalized spacial score (nSPS) is 13.8. The lowest BCUT2D eigenvalue weighted by molar-refractivity contribution is -0.139. The summed E-state index contributed by atoms with van der Waals surface area (Å²) < 4.78 is 81.3. The Morgan fingerprint density at radius 2 is 1.29 bits per heavy atom. The zero-order valence-electron chi connectivity index (χ0n) is 12.0. The minimum absolute atomic E-state index is 0.0591. The lowest BCUT2D eigenvalue weighted by Crippen LogP contribution is -2.21. The molecule has 1 atom stereocenters. The maximum Gasteiger partial charge on any atom is 0.416 e. The van der Waals surface area contributed by atoms with Gasteiger partial charge in [-0.2, -0.15) is 26.3 Å². The molecule has 0 amide bonds. The number of hydrogen-bond donors (Lipinski definition) is 1. The molecule has 1 nitrogen and oxygen atoms in total. The summed E-state index contributed by atoms with van der Waals surface area (Å²) in [7, 11) is 0. The van der Waals surface area contributed by atoms with Crippen LogP contribution in [0.2, 0.25) is 0 Å². The summed E-state index contributed by atoms with van der Waals surface area (Å²) in [4.78, 5) is 0. The molecule has 0 aromatic heterocycles. The molecule has 0 aliphatic carbocycles. The van der Waals surface area contributed by atoms with Gasteiger partial charge in [0.15, 0.2) is 0 Å². The molecule has 0 radical (unpaired) electrons. The number of hydrogen-bond acceptors (Lipinski definition) is 1. The van der Waals surface area contributed by atoms with Crippen molar-refractivity contribution >= 4 is 22.9 Å². The van der Waals surface area contributed by atoms with Crippen LogP contribution < -0.4 is 3.53 Å². The summed E-state index contributed by atoms with van der Waals surface area (Å²) in [5, 5.41) is 0. The Bertz CT molecular complexity index is 695. The maximum absolute atomic E-state index is 13.1. The Hall–Kier alpha value is -1.29. The van der Waals surface area contributed by atoms with Crippen LogP contribution in [0, 0.1) is 0 Å². The van der Waals surface area contributed by atoms with Gasteiger partial charge in [0.05, 0.1) is 11.1 Å². The second kappa shape index (κ2) is 7.30. The SMILES string of the molecule is FC(F)(F)c1ccccc1CC(NI)c1ccccc1C(F)(F)F. The topological polar surface area (TPSA) is 12.0 Å². The molecule has 24 heavy (non-hydrogen) atoms. The van der Waals surface area contributed by atoms with E-state index >= 15 is 0 Å². The molecular formula is C16H12F6IN. The maximum atomic E-state index is 13.1. The van der Waals surface area contributed by atoms with Crippen molar-refractivity contribution in [2.45, 2.75) is 24.8 Å². The number of nitrogens with one attached hydrogen (secondary N) is 1. The first kappa shape index (κ1) is 19.0. The molecule has 2 rings (SSSR count). The van der Waals surface area contributed by atoms with E-state index < -0.39 is 29.5 Å². The minimum Gasteiger partial charge on any atom is -0.253 e. The molecule has 1 N–H and O–H groups in total. The molecule has 0 saturated heterocycles. The van der Waals surface area contributed by atoms with Crippen LogP contribution in [0.15, 0.2) is 48.5 Å². The zero-order chi connectivity index (χ0) is 18.0. The van der Waals surface area contributed by atoms with Gasteiger partial charge < -0.3 is 0 Å². The Morgan fingerprint density at radius 1 is 0.792 bits per heavy atom. The molecule has 0 bridgehead atoms. The standard InChI is InChI=1S/C16H12F6IN/c17-15(18,19)12-7-3-1-5-10(12)9-14(24-23)11-6-2-4-8-13(11)16(20,21)22/h1-8,14,24H,9H2. The van der Waals surface area contributed by atoms with E-state index in [-0.39, 0.29) is 17.5 Å². The van der Waals surface area contributed by atoms with Gasteiger partial charge in [-0.05, 0) is 29.7 Å². The van der Waals surface area contributed by atoms with Crippen molar-refractivity contribution in [2.75, 3.05) is 0 Å². The van der Waals surface area contributed by atoms with Gasteiger partial charge in [-0.25, -0.2) is 0 Å². The molecule has 0 heterocycles. The Balaban J connectivity index is 2.43. The average Bonchev–Trinajstić information content (AvgIpc) is 2.51. The van der Waals surface area contributed by atoms with E-state index in [9.17, 15) is 26.3 Å². The fraction of sp³-hybridized carbons (Fsp3) is 0.250. The van der Waals surface area contributed by atoms with E-state index in [1.54, 1.807) is 22.9 Å². The Kier molecular flexibility index (Phi) is 5.79. The first-order valence-corrected chi connectivity index (χ1v) is 7.90. The highest BCUT2D eigenvalue weighted by Crippen LogP contribution is 2.38. The van der Waals surface area contributed by atoms with Crippen LogP contribution in [0.25, 0.3) is 0 Å². The van der Waals surface area contributed by atoms with Crippen LogP contribution in [0.1, 0.15) is 28.3 Å². The lowest BCUT2D eigenvalue weighted by atomic mass is 9.93. The van der Waals surface area contributed by atoms with Gasteiger partial charge in [0.1, 0.15) is 0 Å². The lowest BCUT2D eigenvalue weighted by Gasteiger charge is -2.22. The van der Waals surface area contributed by atoms with Gasteiger partial charge in [-0.3, -0.25) is 3.53 Å². The van der Waals surface area contributed by atoms with Gasteiger partial charge in [-0.1, -0.05) is 36.4 Å². The number of alkyl halides is 6. The van der Waals surface area contributed by atoms with Crippen molar-refractivity contribution in [1.82, 2.24) is 3.53 Å². The third-order valence-electron chi connectivity index (χ3n) is 3.52. The van der Waals surface area contributed by atoms with E-state index in [0.717, 1.165) is 12.1 Å². The van der Waals surface area contributed by atoms with Gasteiger partial charge in [-0.15, -0.1) is 0 Å². The van der Waals surface area contributed by atoms with E-state index in [2.05, 4.69) is 3.53 Å². The summed E-state index contributed by atoms with van der Waals surface area (Å²) in [6, 6.07) is 8.86. The molecule has 0 spiro atoms. The predicted octanol–water partition coefficient (Wildman–Crippen LogP) is 5.95. The molecule has 1 unspecified atom stereocenters. The summed E-state index contributed by atoms with van der Waals surface area (Å²) >= 11 is 1.66. The molecule has 130 valence electrons. The number of benzene rings is 2. The fourth-order valence-corrected chi connectivity index (χ4v) is 3.02. The monoisotopic (exact) mass is 459 g/mol. The van der Waals surface area contributed by atoms with Crippen LogP contribution in [-0.4, -0.2) is 0 Å². The second-order valence-electron chi connectivity index (χ2n) is 5.11. The zero-order valence-corrected chi connectivity index (χ0v) is 14.2. The van der Waals surface area contributed by atoms with E-state index in [1.165, 1.54) is 36.4 Å². The Morgan fingerprint density at radius 3 is 1.83 bits per heavy atom. The number of halogens is 7. The predicted molar refractivity (Wildman–Crippen MR) is 86.5 cm³/mol. The van der Waals surface area contributed by atoms with Crippen molar-refractivity contribution < 1.29 is 26.3 Å². The van der Waals surface area contributed by atoms with Crippen molar-refractivity contribution in [3.05, 3.63) is 70.8 Å². The largest absolute Gasteiger partial charge is 0.416 e. The van der Waals surface area contributed by atoms with Crippen LogP contribution in [-0.2, 0) is 18.8 Å². The third-order valence-corrected chi connectivity index (χ3v) is 4.27. The van der Waals surface area contributed by atoms with Gasteiger partial charge in [0.25, 0.3) is 0 Å². The fourth-order valence-electron chi connectivity index (χ4n) is 2.46. The average molecular weight is 459 g/mol. The van der Waals surface area contributed by atoms with Gasteiger partial charge in [0, 0.05) is 28.9 Å². The summed E-state index contributed by atoms with van der Waals surface area (Å²) in [6.07, 6.45) is -9.35. The van der Waals surface area contributed by atoms with Crippen molar-refractivity contribution in [3.63, 3.8) is 0 Å². The highest BCUT2D eigenvalue weighted by atomic mass is 127. The summed E-state index contributed by atoms with van der Waals surface area (Å²) in [6.45, 7) is 0. The van der Waals surface area contributed by atoms with E-state index in [1.807, 2.05) is 0 Å². The third kappa shape index (κ3) is 4.41. The van der Waals surface area contributed by atoms with Crippen LogP contribution >= 0.6 is 22.9 Å². The first-order chi connectivity index (χ1) is 11.1. The minimum atomic E-state index is -4.58.